The first kappa shape index (κ1) is 15.1. The Hall–Kier alpha value is -2.45. The summed E-state index contributed by atoms with van der Waals surface area (Å²) in [6, 6.07) is 13.3. The summed E-state index contributed by atoms with van der Waals surface area (Å²) in [4.78, 5) is 23.5. The third kappa shape index (κ3) is 2.53. The predicted octanol–water partition coefficient (Wildman–Crippen LogP) is 3.20. The van der Waals surface area contributed by atoms with Crippen LogP contribution in [0.15, 0.2) is 63.1 Å². The second kappa shape index (κ2) is 5.88. The molecule has 0 aliphatic rings. The summed E-state index contributed by atoms with van der Waals surface area (Å²) in [5.41, 5.74) is 2.93. The van der Waals surface area contributed by atoms with Gasteiger partial charge in [0.25, 0.3) is 0 Å². The lowest BCUT2D eigenvalue weighted by Crippen LogP contribution is -2.18. The average Bonchev–Trinajstić information content (AvgIpc) is 2.96. The largest absolute Gasteiger partial charge is 0.350 e. The van der Waals surface area contributed by atoms with Crippen molar-refractivity contribution in [3.63, 3.8) is 0 Å². The van der Waals surface area contributed by atoms with Crippen LogP contribution in [0, 0.1) is 0 Å². The predicted molar refractivity (Wildman–Crippen MR) is 97.2 cm³/mol. The minimum atomic E-state index is -0.398. The van der Waals surface area contributed by atoms with E-state index < -0.39 is 5.69 Å². The van der Waals surface area contributed by atoms with Crippen molar-refractivity contribution in [2.45, 2.75) is 5.16 Å². The van der Waals surface area contributed by atoms with Crippen LogP contribution in [-0.2, 0) is 0 Å². The van der Waals surface area contributed by atoms with Crippen molar-refractivity contribution in [2.75, 3.05) is 0 Å². The lowest BCUT2D eigenvalue weighted by molar-refractivity contribution is 0.790. The quantitative estimate of drug-likeness (QED) is 0.507. The number of nitrogens with one attached hydrogen (secondary N) is 1. The van der Waals surface area contributed by atoms with E-state index in [1.54, 1.807) is 6.20 Å². The molecule has 4 rings (SSSR count). The topological polar surface area (TPSA) is 75.9 Å². The lowest BCUT2D eigenvalue weighted by atomic mass is 10.0. The summed E-state index contributed by atoms with van der Waals surface area (Å²) in [7, 11) is 0. The zero-order valence-corrected chi connectivity index (χ0v) is 14.6. The third-order valence-electron chi connectivity index (χ3n) is 3.52. The summed E-state index contributed by atoms with van der Waals surface area (Å²) >= 11 is 7.60. The van der Waals surface area contributed by atoms with Gasteiger partial charge in [0.1, 0.15) is 5.69 Å². The Bertz CT molecular complexity index is 1090. The molecule has 3 heterocycles. The molecule has 0 aliphatic carbocycles. The molecule has 0 spiro atoms. The van der Waals surface area contributed by atoms with Gasteiger partial charge < -0.3 is 0 Å². The van der Waals surface area contributed by atoms with Gasteiger partial charge in [-0.15, -0.1) is 12.6 Å². The van der Waals surface area contributed by atoms with Gasteiger partial charge in [-0.2, -0.15) is 9.61 Å². The maximum atomic E-state index is 12.2. The van der Waals surface area contributed by atoms with Crippen LogP contribution < -0.4 is 5.69 Å². The first-order valence-electron chi connectivity index (χ1n) is 7.03. The van der Waals surface area contributed by atoms with E-state index in [1.165, 1.54) is 4.52 Å². The third-order valence-corrected chi connectivity index (χ3v) is 4.26. The Labute approximate surface area is 150 Å². The molecule has 0 atom stereocenters. The molecule has 0 saturated heterocycles. The molecule has 0 unspecified atom stereocenters. The maximum absolute atomic E-state index is 12.2. The number of nitrogens with zero attached hydrogens (tertiary/aromatic N) is 4. The van der Waals surface area contributed by atoms with Gasteiger partial charge in [0.05, 0.1) is 11.3 Å². The fourth-order valence-corrected chi connectivity index (χ4v) is 2.95. The number of fused-ring (bicyclic) bond motifs is 1. The molecule has 6 nitrogen and oxygen atoms in total. The van der Waals surface area contributed by atoms with Crippen molar-refractivity contribution in [1.29, 1.82) is 0 Å². The Morgan fingerprint density at radius 3 is 2.62 bits per heavy atom. The lowest BCUT2D eigenvalue weighted by Gasteiger charge is -2.03. The first-order chi connectivity index (χ1) is 11.6. The van der Waals surface area contributed by atoms with Crippen molar-refractivity contribution in [3.8, 4) is 22.5 Å². The van der Waals surface area contributed by atoms with Gasteiger partial charge in [0.2, 0.25) is 0 Å². The number of aromatic amines is 1. The van der Waals surface area contributed by atoms with E-state index in [4.69, 9.17) is 0 Å². The minimum Gasteiger partial charge on any atom is -0.285 e. The Balaban J connectivity index is 2.11. The van der Waals surface area contributed by atoms with Crippen LogP contribution in [0.3, 0.4) is 0 Å². The number of halogens is 1. The van der Waals surface area contributed by atoms with E-state index in [0.717, 1.165) is 15.6 Å². The van der Waals surface area contributed by atoms with E-state index in [9.17, 15) is 4.79 Å². The number of hydrogen-bond acceptors (Lipinski definition) is 5. The van der Waals surface area contributed by atoms with Gasteiger partial charge in [-0.05, 0) is 29.8 Å². The second-order valence-corrected chi connectivity index (χ2v) is 6.39. The van der Waals surface area contributed by atoms with E-state index in [1.807, 2.05) is 42.5 Å². The van der Waals surface area contributed by atoms with Crippen LogP contribution in [0.1, 0.15) is 0 Å². The molecule has 0 fully saturated rings. The highest BCUT2D eigenvalue weighted by atomic mass is 79.9. The molecule has 1 aromatic carbocycles. The summed E-state index contributed by atoms with van der Waals surface area (Å²) in [6.45, 7) is 0. The van der Waals surface area contributed by atoms with Gasteiger partial charge >= 0.3 is 5.69 Å². The average molecular weight is 400 g/mol. The molecule has 0 amide bonds. The van der Waals surface area contributed by atoms with Gasteiger partial charge in [-0.1, -0.05) is 34.1 Å². The molecule has 0 saturated carbocycles. The van der Waals surface area contributed by atoms with Gasteiger partial charge in [-0.3, -0.25) is 9.97 Å². The molecule has 118 valence electrons. The van der Waals surface area contributed by atoms with E-state index in [2.05, 4.69) is 48.6 Å². The van der Waals surface area contributed by atoms with Crippen molar-refractivity contribution < 1.29 is 0 Å². The van der Waals surface area contributed by atoms with Gasteiger partial charge in [0.15, 0.2) is 10.8 Å². The van der Waals surface area contributed by atoms with Gasteiger partial charge in [0, 0.05) is 10.7 Å². The molecule has 8 heteroatoms. The first-order valence-corrected chi connectivity index (χ1v) is 8.27. The fourth-order valence-electron chi connectivity index (χ4n) is 2.50. The molecule has 4 aromatic rings. The van der Waals surface area contributed by atoms with Crippen LogP contribution in [0.4, 0.5) is 0 Å². The molecular formula is C16H10BrN5OS. The normalized spacial score (nSPS) is 11.1. The van der Waals surface area contributed by atoms with Crippen molar-refractivity contribution in [2.24, 2.45) is 0 Å². The van der Waals surface area contributed by atoms with Crippen LogP contribution in [-0.4, -0.2) is 24.6 Å². The number of benzene rings is 1. The van der Waals surface area contributed by atoms with Gasteiger partial charge in [-0.25, -0.2) is 9.78 Å². The fraction of sp³-hybridized carbons (Fsp3) is 0. The second-order valence-electron chi connectivity index (χ2n) is 5.05. The number of hydrogen-bond donors (Lipinski definition) is 2. The van der Waals surface area contributed by atoms with Crippen molar-refractivity contribution in [3.05, 3.63) is 63.6 Å². The number of pyridine rings is 1. The summed E-state index contributed by atoms with van der Waals surface area (Å²) < 4.78 is 2.20. The summed E-state index contributed by atoms with van der Waals surface area (Å²) in [5.74, 6) is 0. The molecule has 3 aromatic heterocycles. The van der Waals surface area contributed by atoms with Crippen LogP contribution in [0.5, 0.6) is 0 Å². The standard InChI is InChI=1S/C16H10BrN5OS/c17-10-6-4-9(5-7-10)12-13(11-3-1-2-8-18-11)21-22-14(12)19-15(24)20-16(22)23/h1-8H,(H2,19,20,23,24). The van der Waals surface area contributed by atoms with Crippen LogP contribution >= 0.6 is 28.6 Å². The van der Waals surface area contributed by atoms with E-state index >= 15 is 0 Å². The monoisotopic (exact) mass is 399 g/mol. The zero-order chi connectivity index (χ0) is 16.7. The minimum absolute atomic E-state index is 0.235. The number of thiol groups is 1. The van der Waals surface area contributed by atoms with E-state index in [-0.39, 0.29) is 5.16 Å². The van der Waals surface area contributed by atoms with Crippen molar-refractivity contribution in [1.82, 2.24) is 24.6 Å². The molecule has 0 radical (unpaired) electrons. The highest BCUT2D eigenvalue weighted by molar-refractivity contribution is 9.10. The summed E-state index contributed by atoms with van der Waals surface area (Å²) in [5, 5.41) is 4.66. The highest BCUT2D eigenvalue weighted by Crippen LogP contribution is 2.33. The number of aromatic nitrogens is 5. The van der Waals surface area contributed by atoms with Crippen LogP contribution in [0.25, 0.3) is 28.2 Å². The Kier molecular flexibility index (Phi) is 3.70. The Morgan fingerprint density at radius 2 is 1.92 bits per heavy atom. The van der Waals surface area contributed by atoms with Crippen molar-refractivity contribution >= 4 is 34.2 Å². The zero-order valence-electron chi connectivity index (χ0n) is 12.1. The maximum Gasteiger partial charge on any atom is 0.350 e. The number of H-pyrrole nitrogens is 1. The number of rotatable bonds is 2. The molecule has 0 bridgehead atoms. The highest BCUT2D eigenvalue weighted by Gasteiger charge is 2.20. The van der Waals surface area contributed by atoms with Crippen LogP contribution in [0.2, 0.25) is 0 Å². The molecule has 0 aliphatic heterocycles. The SMILES string of the molecule is O=c1[nH]c(S)nc2c(-c3ccc(Br)cc3)c(-c3ccccn3)nn12. The molecular weight excluding hydrogens is 390 g/mol. The van der Waals surface area contributed by atoms with E-state index in [0.29, 0.717) is 17.0 Å². The Morgan fingerprint density at radius 1 is 1.12 bits per heavy atom. The summed E-state index contributed by atoms with van der Waals surface area (Å²) in [6.07, 6.45) is 1.69. The molecule has 24 heavy (non-hydrogen) atoms. The molecule has 1 N–H and O–H groups in total. The smallest absolute Gasteiger partial charge is 0.285 e.